The van der Waals surface area contributed by atoms with Crippen LogP contribution >= 0.6 is 0 Å². The second-order valence-corrected chi connectivity index (χ2v) is 3.59. The third-order valence-electron chi connectivity index (χ3n) is 2.32. The average molecular weight is 222 g/mol. The molecule has 1 unspecified atom stereocenters. The summed E-state index contributed by atoms with van der Waals surface area (Å²) in [4.78, 5) is 11.2. The monoisotopic (exact) mass is 222 g/mol. The number of benzene rings is 1. The summed E-state index contributed by atoms with van der Waals surface area (Å²) in [5, 5.41) is 3.07. The molecule has 0 saturated heterocycles. The molecule has 0 fully saturated rings. The molecule has 3 N–H and O–H groups in total. The minimum atomic E-state index is -0.336. The van der Waals surface area contributed by atoms with Crippen molar-refractivity contribution >= 4 is 5.91 Å². The third-order valence-corrected chi connectivity index (χ3v) is 2.32. The van der Waals surface area contributed by atoms with Crippen molar-refractivity contribution in [3.8, 4) is 0 Å². The molecule has 0 saturated carbocycles. The average Bonchev–Trinajstić information content (AvgIpc) is 2.29. The van der Waals surface area contributed by atoms with Gasteiger partial charge in [-0.05, 0) is 12.0 Å². The summed E-state index contributed by atoms with van der Waals surface area (Å²) in [5.74, 6) is -0.333. The highest BCUT2D eigenvalue weighted by molar-refractivity contribution is 5.80. The number of carbonyl (C=O) groups is 1. The summed E-state index contributed by atoms with van der Waals surface area (Å²) in [5.41, 5.74) is 6.42. The second-order valence-electron chi connectivity index (χ2n) is 3.59. The molecular weight excluding hydrogens is 204 g/mol. The first-order valence-corrected chi connectivity index (χ1v) is 5.29. The molecule has 0 radical (unpaired) electrons. The van der Waals surface area contributed by atoms with E-state index >= 15 is 0 Å². The van der Waals surface area contributed by atoms with Crippen LogP contribution in [0.3, 0.4) is 0 Å². The van der Waals surface area contributed by atoms with E-state index in [1.54, 1.807) is 7.11 Å². The molecule has 0 aliphatic rings. The number of nitrogens with two attached hydrogens (primary N) is 1. The molecule has 1 rings (SSSR count). The minimum Gasteiger partial charge on any atom is -0.383 e. The number of ether oxygens (including phenoxy) is 1. The molecule has 0 aliphatic heterocycles. The first-order chi connectivity index (χ1) is 7.74. The van der Waals surface area contributed by atoms with E-state index in [0.717, 1.165) is 5.56 Å². The van der Waals surface area contributed by atoms with Crippen molar-refractivity contribution in [2.75, 3.05) is 20.3 Å². The quantitative estimate of drug-likeness (QED) is 0.653. The molecule has 88 valence electrons. The Hall–Kier alpha value is -1.39. The minimum absolute atomic E-state index is 0.333. The molecule has 0 bridgehead atoms. The first-order valence-electron chi connectivity index (χ1n) is 5.29. The Morgan fingerprint density at radius 3 is 2.69 bits per heavy atom. The largest absolute Gasteiger partial charge is 0.383 e. The van der Waals surface area contributed by atoms with Gasteiger partial charge in [0.05, 0.1) is 12.6 Å². The van der Waals surface area contributed by atoms with Crippen molar-refractivity contribution < 1.29 is 9.53 Å². The number of carbonyl (C=O) groups excluding carboxylic acids is 1. The lowest BCUT2D eigenvalue weighted by Gasteiger charge is -2.15. The molecule has 1 aromatic rings. The van der Waals surface area contributed by atoms with Crippen LogP contribution < -0.4 is 11.1 Å². The van der Waals surface area contributed by atoms with Gasteiger partial charge in [-0.15, -0.1) is 0 Å². The van der Waals surface area contributed by atoms with Gasteiger partial charge in [-0.2, -0.15) is 0 Å². The number of hydrogen-bond donors (Lipinski definition) is 2. The molecular formula is C12H18N2O2. The lowest BCUT2D eigenvalue weighted by atomic mass is 10.1. The van der Waals surface area contributed by atoms with Gasteiger partial charge >= 0.3 is 0 Å². The molecule has 1 atom stereocenters. The Labute approximate surface area is 95.8 Å². The van der Waals surface area contributed by atoms with Crippen LogP contribution in [0, 0.1) is 0 Å². The zero-order valence-corrected chi connectivity index (χ0v) is 9.48. The number of methoxy groups -OCH3 is 1. The van der Waals surface area contributed by atoms with Crippen LogP contribution in [-0.2, 0) is 16.0 Å². The first kappa shape index (κ1) is 12.7. The van der Waals surface area contributed by atoms with Crippen LogP contribution in [-0.4, -0.2) is 32.2 Å². The normalized spacial score (nSPS) is 12.3. The number of hydrogen-bond acceptors (Lipinski definition) is 3. The fourth-order valence-corrected chi connectivity index (χ4v) is 1.46. The van der Waals surface area contributed by atoms with Gasteiger partial charge in [-0.25, -0.2) is 0 Å². The summed E-state index contributed by atoms with van der Waals surface area (Å²) in [6.45, 7) is 1.19. The number of nitrogens with one attached hydrogen (secondary N) is 1. The van der Waals surface area contributed by atoms with Crippen LogP contribution in [0.2, 0.25) is 0 Å². The summed E-state index contributed by atoms with van der Waals surface area (Å²) in [6, 6.07) is 9.46. The van der Waals surface area contributed by atoms with Crippen LogP contribution in [0.5, 0.6) is 0 Å². The van der Waals surface area contributed by atoms with Crippen LogP contribution in [0.25, 0.3) is 0 Å². The Bertz CT molecular complexity index is 314. The fraction of sp³-hybridized carbons (Fsp3) is 0.417. The highest BCUT2D eigenvalue weighted by Gasteiger charge is 2.14. The van der Waals surface area contributed by atoms with Gasteiger partial charge in [-0.1, -0.05) is 30.3 Å². The molecule has 1 aromatic carbocycles. The third kappa shape index (κ3) is 4.42. The van der Waals surface area contributed by atoms with E-state index < -0.39 is 0 Å². The lowest BCUT2D eigenvalue weighted by molar-refractivity contribution is -0.120. The predicted molar refractivity (Wildman–Crippen MR) is 63.0 cm³/mol. The summed E-state index contributed by atoms with van der Waals surface area (Å²) in [7, 11) is 1.62. The second kappa shape index (κ2) is 6.98. The van der Waals surface area contributed by atoms with Crippen LogP contribution in [0.4, 0.5) is 0 Å². The van der Waals surface area contributed by atoms with E-state index in [-0.39, 0.29) is 11.9 Å². The van der Waals surface area contributed by atoms with Gasteiger partial charge < -0.3 is 15.8 Å². The number of primary amides is 1. The standard InChI is InChI=1S/C12H18N2O2/c1-16-8-7-14-11(12(13)15)9-10-5-3-2-4-6-10/h2-6,11,14H,7-9H2,1H3,(H2,13,15). The lowest BCUT2D eigenvalue weighted by Crippen LogP contribution is -2.44. The zero-order chi connectivity index (χ0) is 11.8. The number of amides is 1. The molecule has 4 nitrogen and oxygen atoms in total. The van der Waals surface area contributed by atoms with Gasteiger partial charge in [0, 0.05) is 13.7 Å². The smallest absolute Gasteiger partial charge is 0.234 e. The molecule has 1 amide bonds. The van der Waals surface area contributed by atoms with E-state index in [1.807, 2.05) is 30.3 Å². The SMILES string of the molecule is COCCNC(Cc1ccccc1)C(N)=O. The topological polar surface area (TPSA) is 64.3 Å². The molecule has 0 spiro atoms. The van der Waals surface area contributed by atoms with Crippen molar-refractivity contribution in [3.63, 3.8) is 0 Å². The Morgan fingerprint density at radius 1 is 1.44 bits per heavy atom. The van der Waals surface area contributed by atoms with E-state index in [0.29, 0.717) is 19.6 Å². The Kier molecular flexibility index (Phi) is 5.53. The van der Waals surface area contributed by atoms with E-state index in [1.165, 1.54) is 0 Å². The Morgan fingerprint density at radius 2 is 2.12 bits per heavy atom. The number of rotatable bonds is 7. The van der Waals surface area contributed by atoms with Crippen molar-refractivity contribution in [2.45, 2.75) is 12.5 Å². The van der Waals surface area contributed by atoms with Gasteiger partial charge in [0.25, 0.3) is 0 Å². The van der Waals surface area contributed by atoms with Crippen molar-refractivity contribution in [2.24, 2.45) is 5.73 Å². The van der Waals surface area contributed by atoms with Crippen molar-refractivity contribution in [3.05, 3.63) is 35.9 Å². The van der Waals surface area contributed by atoms with E-state index in [2.05, 4.69) is 5.32 Å². The molecule has 0 aromatic heterocycles. The van der Waals surface area contributed by atoms with Crippen LogP contribution in [0.1, 0.15) is 5.56 Å². The van der Waals surface area contributed by atoms with E-state index in [4.69, 9.17) is 10.5 Å². The Balaban J connectivity index is 2.48. The van der Waals surface area contributed by atoms with Gasteiger partial charge in [0.15, 0.2) is 0 Å². The van der Waals surface area contributed by atoms with Crippen molar-refractivity contribution in [1.29, 1.82) is 0 Å². The predicted octanol–water partition coefficient (Wildman–Crippen LogP) is 0.319. The summed E-state index contributed by atoms with van der Waals surface area (Å²) >= 11 is 0. The van der Waals surface area contributed by atoms with E-state index in [9.17, 15) is 4.79 Å². The van der Waals surface area contributed by atoms with Crippen LogP contribution in [0.15, 0.2) is 30.3 Å². The highest BCUT2D eigenvalue weighted by atomic mass is 16.5. The van der Waals surface area contributed by atoms with Gasteiger partial charge in [0.1, 0.15) is 0 Å². The zero-order valence-electron chi connectivity index (χ0n) is 9.48. The summed E-state index contributed by atoms with van der Waals surface area (Å²) in [6.07, 6.45) is 0.611. The maximum atomic E-state index is 11.2. The maximum Gasteiger partial charge on any atom is 0.234 e. The molecule has 16 heavy (non-hydrogen) atoms. The van der Waals surface area contributed by atoms with Gasteiger partial charge in [0.2, 0.25) is 5.91 Å². The van der Waals surface area contributed by atoms with Crippen molar-refractivity contribution in [1.82, 2.24) is 5.32 Å². The maximum absolute atomic E-state index is 11.2. The fourth-order valence-electron chi connectivity index (χ4n) is 1.46. The highest BCUT2D eigenvalue weighted by Crippen LogP contribution is 2.02. The van der Waals surface area contributed by atoms with Gasteiger partial charge in [-0.3, -0.25) is 4.79 Å². The molecule has 0 heterocycles. The summed E-state index contributed by atoms with van der Waals surface area (Å²) < 4.78 is 4.91. The molecule has 4 heteroatoms. The molecule has 0 aliphatic carbocycles.